The van der Waals surface area contributed by atoms with Gasteiger partial charge in [-0.1, -0.05) is 41.4 Å². The highest BCUT2D eigenvalue weighted by Gasteiger charge is 2.06. The second kappa shape index (κ2) is 8.34. The molecule has 0 radical (unpaired) electrons. The Hall–Kier alpha value is -3.01. The quantitative estimate of drug-likeness (QED) is 0.344. The summed E-state index contributed by atoms with van der Waals surface area (Å²) in [6, 6.07) is 27.1. The molecular weight excluding hydrogens is 391 g/mol. The maximum absolute atomic E-state index is 6.07. The number of aliphatic imine (C=N–C) groups is 1. The van der Waals surface area contributed by atoms with Gasteiger partial charge in [-0.15, -0.1) is 0 Å². The highest BCUT2D eigenvalue weighted by molar-refractivity contribution is 6.42. The third-order valence-electron chi connectivity index (χ3n) is 4.10. The summed E-state index contributed by atoms with van der Waals surface area (Å²) in [6.45, 7) is 0. The van der Waals surface area contributed by atoms with E-state index >= 15 is 0 Å². The number of furan rings is 1. The summed E-state index contributed by atoms with van der Waals surface area (Å²) in [7, 11) is 0. The van der Waals surface area contributed by atoms with E-state index in [0.717, 1.165) is 22.6 Å². The van der Waals surface area contributed by atoms with Crippen LogP contribution in [0.4, 0.5) is 17.1 Å². The largest absolute Gasteiger partial charge is 0.455 e. The van der Waals surface area contributed by atoms with Gasteiger partial charge in [0, 0.05) is 16.9 Å². The summed E-state index contributed by atoms with van der Waals surface area (Å²) >= 11 is 12.0. The summed E-state index contributed by atoms with van der Waals surface area (Å²) in [5, 5.41) is 4.36. The molecule has 0 aliphatic heterocycles. The third-order valence-corrected chi connectivity index (χ3v) is 4.84. The number of nitrogens with one attached hydrogen (secondary N) is 1. The summed E-state index contributed by atoms with van der Waals surface area (Å²) in [6.07, 6.45) is 1.70. The Kier molecular flexibility index (Phi) is 5.47. The van der Waals surface area contributed by atoms with Crippen molar-refractivity contribution in [3.8, 4) is 11.3 Å². The summed E-state index contributed by atoms with van der Waals surface area (Å²) in [4.78, 5) is 4.47. The van der Waals surface area contributed by atoms with Crippen molar-refractivity contribution in [2.24, 2.45) is 4.99 Å². The Morgan fingerprint density at radius 2 is 1.50 bits per heavy atom. The number of para-hydroxylation sites is 1. The van der Waals surface area contributed by atoms with E-state index < -0.39 is 0 Å². The third kappa shape index (κ3) is 4.45. The van der Waals surface area contributed by atoms with Crippen LogP contribution >= 0.6 is 23.2 Å². The minimum atomic E-state index is 0.495. The Balaban J connectivity index is 1.44. The van der Waals surface area contributed by atoms with Gasteiger partial charge in [0.25, 0.3) is 0 Å². The van der Waals surface area contributed by atoms with Crippen LogP contribution in [-0.4, -0.2) is 6.21 Å². The molecule has 0 saturated carbocycles. The average Bonchev–Trinajstić information content (AvgIpc) is 3.19. The Bertz CT molecular complexity index is 1100. The summed E-state index contributed by atoms with van der Waals surface area (Å²) < 4.78 is 5.83. The van der Waals surface area contributed by atoms with Crippen molar-refractivity contribution < 1.29 is 4.42 Å². The van der Waals surface area contributed by atoms with Gasteiger partial charge in [-0.2, -0.15) is 0 Å². The zero-order chi connectivity index (χ0) is 19.3. The molecule has 0 aliphatic carbocycles. The Morgan fingerprint density at radius 3 is 2.25 bits per heavy atom. The molecule has 1 aromatic heterocycles. The molecule has 0 atom stereocenters. The van der Waals surface area contributed by atoms with E-state index in [4.69, 9.17) is 27.6 Å². The lowest BCUT2D eigenvalue weighted by molar-refractivity contribution is 0.575. The minimum Gasteiger partial charge on any atom is -0.455 e. The van der Waals surface area contributed by atoms with Gasteiger partial charge in [-0.25, -0.2) is 0 Å². The van der Waals surface area contributed by atoms with Crippen LogP contribution in [0.5, 0.6) is 0 Å². The molecule has 1 N–H and O–H groups in total. The van der Waals surface area contributed by atoms with Crippen LogP contribution in [0.15, 0.2) is 94.3 Å². The van der Waals surface area contributed by atoms with Gasteiger partial charge in [0.15, 0.2) is 0 Å². The number of hydrogen-bond donors (Lipinski definition) is 1. The monoisotopic (exact) mass is 406 g/mol. The molecule has 0 spiro atoms. The van der Waals surface area contributed by atoms with Crippen LogP contribution in [-0.2, 0) is 0 Å². The van der Waals surface area contributed by atoms with Crippen LogP contribution in [0.25, 0.3) is 11.3 Å². The maximum Gasteiger partial charge on any atom is 0.145 e. The first kappa shape index (κ1) is 18.4. The lowest BCUT2D eigenvalue weighted by Gasteiger charge is -2.05. The molecule has 0 unspecified atom stereocenters. The predicted octanol–water partition coefficient (Wildman–Crippen LogP) is 7.75. The predicted molar refractivity (Wildman–Crippen MR) is 118 cm³/mol. The molecule has 0 fully saturated rings. The second-order valence-electron chi connectivity index (χ2n) is 6.13. The lowest BCUT2D eigenvalue weighted by Crippen LogP contribution is -1.88. The van der Waals surface area contributed by atoms with Crippen LogP contribution in [0.1, 0.15) is 5.76 Å². The van der Waals surface area contributed by atoms with Gasteiger partial charge in [0.05, 0.1) is 21.9 Å². The molecule has 4 rings (SSSR count). The number of halogens is 2. The van der Waals surface area contributed by atoms with Crippen molar-refractivity contribution in [3.05, 3.63) is 101 Å². The topological polar surface area (TPSA) is 37.5 Å². The standard InChI is InChI=1S/C23H16Cl2N2O/c24-21-12-6-16(14-22(21)25)23-13-11-20(28-23)15-26-17-7-9-19(10-8-17)27-18-4-2-1-3-5-18/h1-15,27H. The van der Waals surface area contributed by atoms with Crippen molar-refractivity contribution in [3.63, 3.8) is 0 Å². The first-order valence-electron chi connectivity index (χ1n) is 8.69. The molecule has 0 bridgehead atoms. The highest BCUT2D eigenvalue weighted by Crippen LogP contribution is 2.29. The minimum absolute atomic E-state index is 0.495. The molecular formula is C23H16Cl2N2O. The first-order chi connectivity index (χ1) is 13.7. The van der Waals surface area contributed by atoms with E-state index in [-0.39, 0.29) is 0 Å². The normalized spacial score (nSPS) is 11.1. The zero-order valence-electron chi connectivity index (χ0n) is 14.8. The lowest BCUT2D eigenvalue weighted by atomic mass is 10.2. The number of nitrogens with zero attached hydrogens (tertiary/aromatic N) is 1. The molecule has 138 valence electrons. The zero-order valence-corrected chi connectivity index (χ0v) is 16.3. The van der Waals surface area contributed by atoms with Crippen LogP contribution < -0.4 is 5.32 Å². The molecule has 0 saturated heterocycles. The average molecular weight is 407 g/mol. The Labute approximate surface area is 173 Å². The van der Waals surface area contributed by atoms with Crippen molar-refractivity contribution in [1.29, 1.82) is 0 Å². The van der Waals surface area contributed by atoms with E-state index in [9.17, 15) is 0 Å². The fourth-order valence-corrected chi connectivity index (χ4v) is 2.98. The van der Waals surface area contributed by atoms with Crippen LogP contribution in [0, 0.1) is 0 Å². The summed E-state index contributed by atoms with van der Waals surface area (Å²) in [5.74, 6) is 1.37. The fraction of sp³-hybridized carbons (Fsp3) is 0. The molecule has 3 aromatic carbocycles. The van der Waals surface area contributed by atoms with E-state index in [1.165, 1.54) is 0 Å². The number of anilines is 2. The molecule has 5 heteroatoms. The van der Waals surface area contributed by atoms with Gasteiger partial charge in [-0.05, 0) is 66.7 Å². The molecule has 0 aliphatic rings. The Morgan fingerprint density at radius 1 is 0.750 bits per heavy atom. The second-order valence-corrected chi connectivity index (χ2v) is 6.94. The van der Waals surface area contributed by atoms with E-state index in [2.05, 4.69) is 10.3 Å². The van der Waals surface area contributed by atoms with Crippen molar-refractivity contribution in [1.82, 2.24) is 0 Å². The molecule has 0 amide bonds. The number of hydrogen-bond acceptors (Lipinski definition) is 3. The van der Waals surface area contributed by atoms with Gasteiger partial charge in [0.1, 0.15) is 11.5 Å². The smallest absolute Gasteiger partial charge is 0.145 e. The van der Waals surface area contributed by atoms with Gasteiger partial charge in [0.2, 0.25) is 0 Å². The van der Waals surface area contributed by atoms with E-state index in [1.54, 1.807) is 18.3 Å². The van der Waals surface area contributed by atoms with E-state index in [1.807, 2.05) is 72.8 Å². The van der Waals surface area contributed by atoms with Gasteiger partial charge in [-0.3, -0.25) is 4.99 Å². The molecule has 1 heterocycles. The van der Waals surface area contributed by atoms with Crippen LogP contribution in [0.3, 0.4) is 0 Å². The van der Waals surface area contributed by atoms with Gasteiger partial charge >= 0.3 is 0 Å². The summed E-state index contributed by atoms with van der Waals surface area (Å²) in [5.41, 5.74) is 3.76. The van der Waals surface area contributed by atoms with Crippen molar-refractivity contribution in [2.45, 2.75) is 0 Å². The van der Waals surface area contributed by atoms with Crippen LogP contribution in [0.2, 0.25) is 10.0 Å². The van der Waals surface area contributed by atoms with Crippen molar-refractivity contribution in [2.75, 3.05) is 5.32 Å². The number of rotatable bonds is 5. The highest BCUT2D eigenvalue weighted by atomic mass is 35.5. The maximum atomic E-state index is 6.07. The fourth-order valence-electron chi connectivity index (χ4n) is 2.68. The SMILES string of the molecule is Clc1ccc(-c2ccc(C=Nc3ccc(Nc4ccccc4)cc3)o2)cc1Cl. The first-order valence-corrected chi connectivity index (χ1v) is 9.44. The van der Waals surface area contributed by atoms with E-state index in [0.29, 0.717) is 21.6 Å². The molecule has 28 heavy (non-hydrogen) atoms. The molecule has 4 aromatic rings. The van der Waals surface area contributed by atoms with Crippen molar-refractivity contribution >= 4 is 46.5 Å². The van der Waals surface area contributed by atoms with Gasteiger partial charge < -0.3 is 9.73 Å². The number of benzene rings is 3. The molecule has 3 nitrogen and oxygen atoms in total.